The van der Waals surface area contributed by atoms with E-state index in [1.807, 2.05) is 0 Å². The molecule has 2 fully saturated rings. The van der Waals surface area contributed by atoms with Crippen molar-refractivity contribution in [3.05, 3.63) is 0 Å². The summed E-state index contributed by atoms with van der Waals surface area (Å²) < 4.78 is 0. The molecule has 4 unspecified atom stereocenters. The Balaban J connectivity index is 1.89. The average molecular weight is 194 g/mol. The standard InChI is InChI=1S/C14H26/c1-3-11-8-9-13(10-11)14-7-5-6-12(14)4-2/h11-14H,3-10H2,1-2H3. The molecule has 2 aliphatic carbocycles. The van der Waals surface area contributed by atoms with Crippen molar-refractivity contribution in [2.24, 2.45) is 23.7 Å². The summed E-state index contributed by atoms with van der Waals surface area (Å²) in [4.78, 5) is 0. The van der Waals surface area contributed by atoms with Gasteiger partial charge in [-0.25, -0.2) is 0 Å². The fourth-order valence-electron chi connectivity index (χ4n) is 4.07. The van der Waals surface area contributed by atoms with E-state index in [-0.39, 0.29) is 0 Å². The van der Waals surface area contributed by atoms with Gasteiger partial charge in [0, 0.05) is 0 Å². The van der Waals surface area contributed by atoms with Crippen molar-refractivity contribution in [3.63, 3.8) is 0 Å². The average Bonchev–Trinajstić information content (AvgIpc) is 2.85. The van der Waals surface area contributed by atoms with Crippen molar-refractivity contribution < 1.29 is 0 Å². The zero-order valence-corrected chi connectivity index (χ0v) is 9.97. The van der Waals surface area contributed by atoms with E-state index in [2.05, 4.69) is 13.8 Å². The molecule has 0 bridgehead atoms. The van der Waals surface area contributed by atoms with Gasteiger partial charge in [-0.15, -0.1) is 0 Å². The topological polar surface area (TPSA) is 0 Å². The van der Waals surface area contributed by atoms with Gasteiger partial charge in [-0.2, -0.15) is 0 Å². The molecule has 14 heavy (non-hydrogen) atoms. The van der Waals surface area contributed by atoms with Crippen LogP contribution in [-0.2, 0) is 0 Å². The largest absolute Gasteiger partial charge is 0.0651 e. The summed E-state index contributed by atoms with van der Waals surface area (Å²) in [5, 5.41) is 0. The fourth-order valence-corrected chi connectivity index (χ4v) is 4.07. The number of hydrogen-bond acceptors (Lipinski definition) is 0. The van der Waals surface area contributed by atoms with Gasteiger partial charge in [0.2, 0.25) is 0 Å². The number of rotatable bonds is 3. The van der Waals surface area contributed by atoms with Gasteiger partial charge in [0.05, 0.1) is 0 Å². The van der Waals surface area contributed by atoms with Gasteiger partial charge in [0.15, 0.2) is 0 Å². The van der Waals surface area contributed by atoms with Crippen LogP contribution in [0.15, 0.2) is 0 Å². The molecule has 0 N–H and O–H groups in total. The van der Waals surface area contributed by atoms with Crippen LogP contribution >= 0.6 is 0 Å². The lowest BCUT2D eigenvalue weighted by atomic mass is 9.81. The molecule has 0 aliphatic heterocycles. The SMILES string of the molecule is CCC1CCC(C2CCCC2CC)C1. The maximum atomic E-state index is 2.40. The van der Waals surface area contributed by atoms with Gasteiger partial charge >= 0.3 is 0 Å². The summed E-state index contributed by atoms with van der Waals surface area (Å²) >= 11 is 0. The third kappa shape index (κ3) is 1.99. The highest BCUT2D eigenvalue weighted by atomic mass is 14.4. The molecule has 0 spiro atoms. The maximum Gasteiger partial charge on any atom is -0.0357 e. The Bertz CT molecular complexity index is 173. The van der Waals surface area contributed by atoms with Crippen LogP contribution in [0.2, 0.25) is 0 Å². The van der Waals surface area contributed by atoms with Crippen LogP contribution in [0.5, 0.6) is 0 Å². The van der Waals surface area contributed by atoms with E-state index in [1.54, 1.807) is 19.3 Å². The van der Waals surface area contributed by atoms with Gasteiger partial charge in [0.25, 0.3) is 0 Å². The van der Waals surface area contributed by atoms with E-state index in [4.69, 9.17) is 0 Å². The Morgan fingerprint density at radius 3 is 2.43 bits per heavy atom. The zero-order chi connectivity index (χ0) is 9.97. The first-order valence-corrected chi connectivity index (χ1v) is 6.85. The van der Waals surface area contributed by atoms with Crippen LogP contribution in [0.25, 0.3) is 0 Å². The minimum atomic E-state index is 1.08. The Labute approximate surface area is 89.5 Å². The molecule has 0 aromatic carbocycles. The lowest BCUT2D eigenvalue weighted by molar-refractivity contribution is 0.252. The molecule has 2 saturated carbocycles. The first-order valence-electron chi connectivity index (χ1n) is 6.85. The van der Waals surface area contributed by atoms with Crippen molar-refractivity contribution in [3.8, 4) is 0 Å². The molecule has 0 radical (unpaired) electrons. The number of hydrogen-bond donors (Lipinski definition) is 0. The van der Waals surface area contributed by atoms with Crippen molar-refractivity contribution in [1.82, 2.24) is 0 Å². The highest BCUT2D eigenvalue weighted by molar-refractivity contribution is 4.86. The summed E-state index contributed by atoms with van der Waals surface area (Å²) in [6.07, 6.45) is 12.1. The molecule has 0 aromatic rings. The Hall–Kier alpha value is 0. The minimum Gasteiger partial charge on any atom is -0.0651 e. The molecule has 82 valence electrons. The van der Waals surface area contributed by atoms with E-state index in [9.17, 15) is 0 Å². The van der Waals surface area contributed by atoms with E-state index in [0.29, 0.717) is 0 Å². The Morgan fingerprint density at radius 1 is 0.929 bits per heavy atom. The van der Waals surface area contributed by atoms with Gasteiger partial charge in [-0.3, -0.25) is 0 Å². The van der Waals surface area contributed by atoms with Gasteiger partial charge in [-0.1, -0.05) is 46.0 Å². The van der Waals surface area contributed by atoms with Crippen LogP contribution in [-0.4, -0.2) is 0 Å². The summed E-state index contributed by atoms with van der Waals surface area (Å²) in [7, 11) is 0. The zero-order valence-electron chi connectivity index (χ0n) is 9.97. The van der Waals surface area contributed by atoms with E-state index in [1.165, 1.54) is 32.1 Å². The van der Waals surface area contributed by atoms with Crippen molar-refractivity contribution in [2.75, 3.05) is 0 Å². The second kappa shape index (κ2) is 4.68. The molecule has 0 nitrogen and oxygen atoms in total. The molecule has 0 heterocycles. The maximum absolute atomic E-state index is 2.40. The first kappa shape index (κ1) is 10.5. The minimum absolute atomic E-state index is 1.08. The molecule has 4 atom stereocenters. The molecule has 2 aliphatic rings. The fraction of sp³-hybridized carbons (Fsp3) is 1.00. The highest BCUT2D eigenvalue weighted by Gasteiger charge is 2.36. The molecule has 2 rings (SSSR count). The van der Waals surface area contributed by atoms with Crippen molar-refractivity contribution in [1.29, 1.82) is 0 Å². The molecule has 0 heteroatoms. The summed E-state index contributed by atoms with van der Waals surface area (Å²) in [5.41, 5.74) is 0. The second-order valence-electron chi connectivity index (χ2n) is 5.61. The smallest absolute Gasteiger partial charge is 0.0357 e. The predicted molar refractivity (Wildman–Crippen MR) is 62.2 cm³/mol. The van der Waals surface area contributed by atoms with Gasteiger partial charge in [-0.05, 0) is 42.9 Å². The van der Waals surface area contributed by atoms with Gasteiger partial charge in [0.1, 0.15) is 0 Å². The highest BCUT2D eigenvalue weighted by Crippen LogP contribution is 2.47. The normalized spacial score (nSPS) is 43.3. The third-order valence-corrected chi connectivity index (χ3v) is 5.01. The second-order valence-corrected chi connectivity index (χ2v) is 5.61. The Morgan fingerprint density at radius 2 is 1.79 bits per heavy atom. The molecule has 0 amide bonds. The molecular weight excluding hydrogens is 168 g/mol. The molecular formula is C14H26. The molecule has 0 saturated heterocycles. The van der Waals surface area contributed by atoms with Gasteiger partial charge < -0.3 is 0 Å². The van der Waals surface area contributed by atoms with Crippen LogP contribution in [0.3, 0.4) is 0 Å². The lowest BCUT2D eigenvalue weighted by Gasteiger charge is -2.24. The predicted octanol–water partition coefficient (Wildman–Crippen LogP) is 4.64. The Kier molecular flexibility index (Phi) is 3.52. The first-order chi connectivity index (χ1) is 6.85. The third-order valence-electron chi connectivity index (χ3n) is 5.01. The summed E-state index contributed by atoms with van der Waals surface area (Å²) in [6.45, 7) is 4.77. The van der Waals surface area contributed by atoms with Crippen LogP contribution < -0.4 is 0 Å². The van der Waals surface area contributed by atoms with E-state index >= 15 is 0 Å². The van der Waals surface area contributed by atoms with Crippen LogP contribution in [0.4, 0.5) is 0 Å². The molecule has 0 aromatic heterocycles. The van der Waals surface area contributed by atoms with Crippen molar-refractivity contribution >= 4 is 0 Å². The van der Waals surface area contributed by atoms with Crippen molar-refractivity contribution in [2.45, 2.75) is 65.2 Å². The van der Waals surface area contributed by atoms with E-state index in [0.717, 1.165) is 23.7 Å². The quantitative estimate of drug-likeness (QED) is 0.614. The monoisotopic (exact) mass is 194 g/mol. The lowest BCUT2D eigenvalue weighted by Crippen LogP contribution is -2.16. The summed E-state index contributed by atoms with van der Waals surface area (Å²) in [6, 6.07) is 0. The van der Waals surface area contributed by atoms with E-state index < -0.39 is 0 Å². The summed E-state index contributed by atoms with van der Waals surface area (Å²) in [5.74, 6) is 4.41. The van der Waals surface area contributed by atoms with Crippen LogP contribution in [0, 0.1) is 23.7 Å². The van der Waals surface area contributed by atoms with Crippen LogP contribution in [0.1, 0.15) is 65.2 Å².